The fourth-order valence-electron chi connectivity index (χ4n) is 1.38. The van der Waals surface area contributed by atoms with Crippen LogP contribution in [0.1, 0.15) is 21.4 Å². The Kier molecular flexibility index (Phi) is 4.26. The van der Waals surface area contributed by atoms with Gasteiger partial charge in [-0.2, -0.15) is 0 Å². The molecule has 0 aliphatic rings. The number of ether oxygens (including phenoxy) is 1. The number of rotatable bonds is 5. The van der Waals surface area contributed by atoms with E-state index >= 15 is 0 Å². The zero-order valence-corrected chi connectivity index (χ0v) is 9.50. The maximum atomic E-state index is 11.0. The standard InChI is InChI=1S/C10H14O4S/c1-6-5-8(7(2)15-6)9(10(12)13)14-4-3-11/h5,9,11H,3-4H2,1-2H3,(H,12,13). The normalized spacial score (nSPS) is 12.7. The molecule has 4 nitrogen and oxygen atoms in total. The number of carboxylic acid groups (broad SMARTS) is 1. The fourth-order valence-corrected chi connectivity index (χ4v) is 2.33. The molecule has 0 aromatic carbocycles. The van der Waals surface area contributed by atoms with Crippen LogP contribution in [0.4, 0.5) is 0 Å². The first-order chi connectivity index (χ1) is 7.06. The molecule has 0 spiro atoms. The second kappa shape index (κ2) is 5.25. The summed E-state index contributed by atoms with van der Waals surface area (Å²) in [4.78, 5) is 13.0. The second-order valence-corrected chi connectivity index (χ2v) is 4.64. The minimum absolute atomic E-state index is 0.0330. The lowest BCUT2D eigenvalue weighted by atomic mass is 10.1. The van der Waals surface area contributed by atoms with Gasteiger partial charge in [-0.3, -0.25) is 0 Å². The van der Waals surface area contributed by atoms with E-state index in [0.717, 1.165) is 9.75 Å². The topological polar surface area (TPSA) is 66.8 Å². The molecule has 0 aliphatic heterocycles. The highest BCUT2D eigenvalue weighted by Gasteiger charge is 2.23. The predicted octanol–water partition coefficient (Wildman–Crippen LogP) is 1.50. The highest BCUT2D eigenvalue weighted by Crippen LogP contribution is 2.28. The van der Waals surface area contributed by atoms with Crippen LogP contribution in [0.2, 0.25) is 0 Å². The van der Waals surface area contributed by atoms with E-state index in [0.29, 0.717) is 5.56 Å². The van der Waals surface area contributed by atoms with Crippen LogP contribution in [0.15, 0.2) is 6.07 Å². The first-order valence-corrected chi connectivity index (χ1v) is 5.40. The van der Waals surface area contributed by atoms with Gasteiger partial charge in [0.25, 0.3) is 0 Å². The summed E-state index contributed by atoms with van der Waals surface area (Å²) in [6.07, 6.45) is -0.970. The molecule has 0 saturated heterocycles. The van der Waals surface area contributed by atoms with Gasteiger partial charge in [-0.15, -0.1) is 11.3 Å². The van der Waals surface area contributed by atoms with Crippen LogP contribution < -0.4 is 0 Å². The SMILES string of the molecule is Cc1cc(C(OCCO)C(=O)O)c(C)s1. The molecular formula is C10H14O4S. The van der Waals surface area contributed by atoms with E-state index in [-0.39, 0.29) is 13.2 Å². The van der Waals surface area contributed by atoms with Gasteiger partial charge >= 0.3 is 5.97 Å². The molecule has 5 heteroatoms. The molecule has 84 valence electrons. The lowest BCUT2D eigenvalue weighted by Crippen LogP contribution is -2.17. The summed E-state index contributed by atoms with van der Waals surface area (Å²) in [7, 11) is 0. The van der Waals surface area contributed by atoms with Gasteiger partial charge in [-0.05, 0) is 19.9 Å². The van der Waals surface area contributed by atoms with Crippen molar-refractivity contribution in [2.75, 3.05) is 13.2 Å². The molecule has 0 fully saturated rings. The van der Waals surface area contributed by atoms with Gasteiger partial charge in [-0.25, -0.2) is 4.79 Å². The zero-order chi connectivity index (χ0) is 11.4. The van der Waals surface area contributed by atoms with Crippen LogP contribution in [0.3, 0.4) is 0 Å². The van der Waals surface area contributed by atoms with Crippen LogP contribution >= 0.6 is 11.3 Å². The van der Waals surface area contributed by atoms with E-state index < -0.39 is 12.1 Å². The monoisotopic (exact) mass is 230 g/mol. The smallest absolute Gasteiger partial charge is 0.337 e. The summed E-state index contributed by atoms with van der Waals surface area (Å²) in [5.74, 6) is -1.02. The molecule has 0 aliphatic carbocycles. The summed E-state index contributed by atoms with van der Waals surface area (Å²) >= 11 is 1.54. The molecule has 2 N–H and O–H groups in total. The number of carboxylic acids is 1. The van der Waals surface area contributed by atoms with E-state index in [1.54, 1.807) is 11.3 Å². The molecular weight excluding hydrogens is 216 g/mol. The summed E-state index contributed by atoms with van der Waals surface area (Å²) in [5, 5.41) is 17.6. The van der Waals surface area contributed by atoms with Gasteiger partial charge in [0, 0.05) is 15.3 Å². The first kappa shape index (κ1) is 12.2. The van der Waals surface area contributed by atoms with Crippen molar-refractivity contribution >= 4 is 17.3 Å². The van der Waals surface area contributed by atoms with E-state index in [4.69, 9.17) is 14.9 Å². The molecule has 1 aromatic rings. The van der Waals surface area contributed by atoms with Crippen molar-refractivity contribution in [2.24, 2.45) is 0 Å². The Bertz CT molecular complexity index is 345. The van der Waals surface area contributed by atoms with Gasteiger partial charge in [0.1, 0.15) is 0 Å². The number of aryl methyl sites for hydroxylation is 2. The number of aliphatic hydroxyl groups is 1. The van der Waals surface area contributed by atoms with Crippen LogP contribution in [0.5, 0.6) is 0 Å². The van der Waals surface area contributed by atoms with Crippen LogP contribution in [-0.2, 0) is 9.53 Å². The Morgan fingerprint density at radius 3 is 2.67 bits per heavy atom. The number of carbonyl (C=O) groups is 1. The van der Waals surface area contributed by atoms with Gasteiger partial charge in [0.15, 0.2) is 6.10 Å². The lowest BCUT2D eigenvalue weighted by molar-refractivity contribution is -0.151. The van der Waals surface area contributed by atoms with E-state index in [1.165, 1.54) is 0 Å². The number of hydrogen-bond acceptors (Lipinski definition) is 4. The maximum Gasteiger partial charge on any atom is 0.337 e. The molecule has 1 heterocycles. The average Bonchev–Trinajstić information content (AvgIpc) is 2.46. The van der Waals surface area contributed by atoms with Gasteiger partial charge in [-0.1, -0.05) is 0 Å². The number of hydrogen-bond donors (Lipinski definition) is 2. The van der Waals surface area contributed by atoms with Crippen molar-refractivity contribution in [2.45, 2.75) is 20.0 Å². The summed E-state index contributed by atoms with van der Waals surface area (Å²) < 4.78 is 5.09. The van der Waals surface area contributed by atoms with Crippen molar-refractivity contribution < 1.29 is 19.7 Å². The van der Waals surface area contributed by atoms with Crippen molar-refractivity contribution in [1.29, 1.82) is 0 Å². The highest BCUT2D eigenvalue weighted by molar-refractivity contribution is 7.12. The Hall–Kier alpha value is -0.910. The largest absolute Gasteiger partial charge is 0.479 e. The number of aliphatic carboxylic acids is 1. The number of aliphatic hydroxyl groups excluding tert-OH is 1. The second-order valence-electron chi connectivity index (χ2n) is 3.18. The Morgan fingerprint density at radius 1 is 1.60 bits per heavy atom. The van der Waals surface area contributed by atoms with Crippen molar-refractivity contribution in [1.82, 2.24) is 0 Å². The molecule has 15 heavy (non-hydrogen) atoms. The molecule has 0 bridgehead atoms. The Labute approximate surface area is 92.1 Å². The van der Waals surface area contributed by atoms with Gasteiger partial charge in [0.2, 0.25) is 0 Å². The molecule has 1 unspecified atom stereocenters. The van der Waals surface area contributed by atoms with Crippen molar-refractivity contribution in [3.8, 4) is 0 Å². The minimum Gasteiger partial charge on any atom is -0.479 e. The van der Waals surface area contributed by atoms with Gasteiger partial charge in [0.05, 0.1) is 13.2 Å². The summed E-state index contributed by atoms with van der Waals surface area (Å²) in [5.41, 5.74) is 0.679. The average molecular weight is 230 g/mol. The maximum absolute atomic E-state index is 11.0. The molecule has 1 atom stereocenters. The van der Waals surface area contributed by atoms with Gasteiger partial charge < -0.3 is 14.9 Å². The van der Waals surface area contributed by atoms with Crippen LogP contribution in [0, 0.1) is 13.8 Å². The van der Waals surface area contributed by atoms with E-state index in [9.17, 15) is 4.79 Å². The van der Waals surface area contributed by atoms with Crippen molar-refractivity contribution in [3.05, 3.63) is 21.4 Å². The number of thiophene rings is 1. The lowest BCUT2D eigenvalue weighted by Gasteiger charge is -2.12. The highest BCUT2D eigenvalue weighted by atomic mass is 32.1. The Morgan fingerprint density at radius 2 is 2.27 bits per heavy atom. The van der Waals surface area contributed by atoms with E-state index in [2.05, 4.69) is 0 Å². The van der Waals surface area contributed by atoms with Crippen LogP contribution in [0.25, 0.3) is 0 Å². The summed E-state index contributed by atoms with van der Waals surface area (Å²) in [6.45, 7) is 3.65. The third-order valence-electron chi connectivity index (χ3n) is 1.96. The molecule has 0 saturated carbocycles. The Balaban J connectivity index is 2.88. The molecule has 0 radical (unpaired) electrons. The predicted molar refractivity (Wildman–Crippen MR) is 57.2 cm³/mol. The molecule has 0 amide bonds. The molecule has 1 rings (SSSR count). The third kappa shape index (κ3) is 3.02. The minimum atomic E-state index is -1.02. The summed E-state index contributed by atoms with van der Waals surface area (Å²) in [6, 6.07) is 1.82. The zero-order valence-electron chi connectivity index (χ0n) is 8.69. The quantitative estimate of drug-likeness (QED) is 0.804. The molecule has 1 aromatic heterocycles. The third-order valence-corrected chi connectivity index (χ3v) is 2.94. The first-order valence-electron chi connectivity index (χ1n) is 4.58. The fraction of sp³-hybridized carbons (Fsp3) is 0.500. The van der Waals surface area contributed by atoms with Crippen LogP contribution in [-0.4, -0.2) is 29.4 Å². The van der Waals surface area contributed by atoms with Crippen molar-refractivity contribution in [3.63, 3.8) is 0 Å². The van der Waals surface area contributed by atoms with E-state index in [1.807, 2.05) is 19.9 Å².